The fraction of sp³-hybridized carbons (Fsp3) is 0.125. The molecule has 26 heavy (non-hydrogen) atoms. The van der Waals surface area contributed by atoms with Crippen LogP contribution in [-0.2, 0) is 17.9 Å². The predicted octanol–water partition coefficient (Wildman–Crippen LogP) is 2.77. The number of hydrogen-bond acceptors (Lipinski definition) is 4. The van der Waals surface area contributed by atoms with Crippen molar-refractivity contribution in [3.8, 4) is 0 Å². The maximum Gasteiger partial charge on any atom is 0.325 e. The largest absolute Gasteiger partial charge is 0.480 e. The molecule has 0 radical (unpaired) electrons. The molecule has 0 saturated heterocycles. The summed E-state index contributed by atoms with van der Waals surface area (Å²) in [6.45, 7) is 0.0469. The lowest BCUT2D eigenvalue weighted by atomic mass is 10.2. The molecule has 10 heteroatoms. The fourth-order valence-electron chi connectivity index (χ4n) is 2.30. The Kier molecular flexibility index (Phi) is 5.24. The van der Waals surface area contributed by atoms with E-state index in [1.165, 1.54) is 12.3 Å². The molecule has 0 aliphatic carbocycles. The van der Waals surface area contributed by atoms with E-state index in [0.29, 0.717) is 22.4 Å². The molecule has 1 aromatic carbocycles. The van der Waals surface area contributed by atoms with Gasteiger partial charge in [-0.05, 0) is 23.8 Å². The summed E-state index contributed by atoms with van der Waals surface area (Å²) in [6.07, 6.45) is 3.06. The van der Waals surface area contributed by atoms with Gasteiger partial charge in [-0.1, -0.05) is 29.3 Å². The zero-order valence-corrected chi connectivity index (χ0v) is 14.8. The summed E-state index contributed by atoms with van der Waals surface area (Å²) in [5.41, 5.74) is 1.03. The molecule has 0 unspecified atom stereocenters. The van der Waals surface area contributed by atoms with Crippen molar-refractivity contribution < 1.29 is 14.7 Å². The van der Waals surface area contributed by atoms with E-state index >= 15 is 0 Å². The number of carbonyl (C=O) groups excluding carboxylic acids is 1. The molecular formula is C16H13Cl2N5O3. The van der Waals surface area contributed by atoms with Crippen LogP contribution in [0.25, 0.3) is 0 Å². The first kappa shape index (κ1) is 18.0. The van der Waals surface area contributed by atoms with Crippen molar-refractivity contribution in [2.45, 2.75) is 13.1 Å². The second-order valence-corrected chi connectivity index (χ2v) is 6.18. The molecule has 2 aromatic heterocycles. The predicted molar refractivity (Wildman–Crippen MR) is 95.6 cm³/mol. The zero-order valence-electron chi connectivity index (χ0n) is 13.3. The molecule has 1 amide bonds. The van der Waals surface area contributed by atoms with Crippen LogP contribution in [0.4, 0.5) is 5.82 Å². The number of halogens is 2. The number of aromatic nitrogens is 4. The lowest BCUT2D eigenvalue weighted by Crippen LogP contribution is -2.21. The standard InChI is InChI=1S/C16H13Cl2N5O3/c17-11-2-1-10(7-12(11)18)8-22-6-4-14(21-22)20-16(26)13-3-5-19-23(13)9-15(24)25/h1-7H,8-9H2,(H,24,25)(H,20,21,26). The SMILES string of the molecule is O=C(O)Cn1nccc1C(=O)Nc1ccn(Cc2ccc(Cl)c(Cl)c2)n1. The van der Waals surface area contributed by atoms with Gasteiger partial charge in [-0.15, -0.1) is 0 Å². The van der Waals surface area contributed by atoms with Crippen LogP contribution in [0.15, 0.2) is 42.7 Å². The van der Waals surface area contributed by atoms with Gasteiger partial charge < -0.3 is 10.4 Å². The lowest BCUT2D eigenvalue weighted by Gasteiger charge is -2.05. The Balaban J connectivity index is 1.68. The van der Waals surface area contributed by atoms with E-state index in [2.05, 4.69) is 15.5 Å². The Bertz CT molecular complexity index is 966. The highest BCUT2D eigenvalue weighted by Crippen LogP contribution is 2.23. The van der Waals surface area contributed by atoms with Gasteiger partial charge in [-0.3, -0.25) is 14.3 Å². The summed E-state index contributed by atoms with van der Waals surface area (Å²) >= 11 is 11.9. The molecule has 0 aliphatic rings. The second-order valence-electron chi connectivity index (χ2n) is 5.37. The van der Waals surface area contributed by atoms with E-state index in [9.17, 15) is 9.59 Å². The first-order chi connectivity index (χ1) is 12.4. The monoisotopic (exact) mass is 393 g/mol. The third-order valence-corrected chi connectivity index (χ3v) is 4.18. The molecule has 2 heterocycles. The summed E-state index contributed by atoms with van der Waals surface area (Å²) in [5, 5.41) is 20.5. The maximum atomic E-state index is 12.3. The molecule has 0 atom stereocenters. The molecule has 0 spiro atoms. The van der Waals surface area contributed by atoms with Gasteiger partial charge in [0.2, 0.25) is 0 Å². The molecule has 134 valence electrons. The molecule has 0 aliphatic heterocycles. The molecule has 0 saturated carbocycles. The minimum atomic E-state index is -1.09. The number of amides is 1. The average molecular weight is 394 g/mol. The number of hydrogen-bond donors (Lipinski definition) is 2. The number of benzene rings is 1. The van der Waals surface area contributed by atoms with Crippen molar-refractivity contribution >= 4 is 40.9 Å². The number of carboxylic acid groups (broad SMARTS) is 1. The van der Waals surface area contributed by atoms with Crippen LogP contribution in [-0.4, -0.2) is 36.5 Å². The van der Waals surface area contributed by atoms with Crippen molar-refractivity contribution in [1.82, 2.24) is 19.6 Å². The molecule has 3 rings (SSSR count). The van der Waals surface area contributed by atoms with E-state index in [1.54, 1.807) is 29.1 Å². The number of carboxylic acids is 1. The minimum absolute atomic E-state index is 0.131. The maximum absolute atomic E-state index is 12.3. The van der Waals surface area contributed by atoms with Crippen molar-refractivity contribution in [2.24, 2.45) is 0 Å². The smallest absolute Gasteiger partial charge is 0.325 e. The quantitative estimate of drug-likeness (QED) is 0.670. The number of rotatable bonds is 6. The van der Waals surface area contributed by atoms with Gasteiger partial charge >= 0.3 is 5.97 Å². The Labute approximate surface area is 157 Å². The van der Waals surface area contributed by atoms with E-state index in [-0.39, 0.29) is 5.69 Å². The zero-order chi connectivity index (χ0) is 18.7. The Morgan fingerprint density at radius 1 is 1.15 bits per heavy atom. The number of nitrogens with zero attached hydrogens (tertiary/aromatic N) is 4. The van der Waals surface area contributed by atoms with Gasteiger partial charge in [0.15, 0.2) is 5.82 Å². The van der Waals surface area contributed by atoms with Crippen LogP contribution < -0.4 is 5.32 Å². The van der Waals surface area contributed by atoms with Crippen LogP contribution in [0, 0.1) is 0 Å². The van der Waals surface area contributed by atoms with Crippen LogP contribution in [0.1, 0.15) is 16.1 Å². The summed E-state index contributed by atoms with van der Waals surface area (Å²) in [5.74, 6) is -1.25. The van der Waals surface area contributed by atoms with Gasteiger partial charge in [-0.25, -0.2) is 4.68 Å². The third-order valence-electron chi connectivity index (χ3n) is 3.45. The number of aliphatic carboxylic acids is 1. The van der Waals surface area contributed by atoms with Gasteiger partial charge in [0.1, 0.15) is 12.2 Å². The summed E-state index contributed by atoms with van der Waals surface area (Å²) in [6, 6.07) is 8.35. The van der Waals surface area contributed by atoms with E-state index < -0.39 is 18.4 Å². The molecule has 0 bridgehead atoms. The molecule has 3 aromatic rings. The second kappa shape index (κ2) is 7.59. The Morgan fingerprint density at radius 3 is 2.69 bits per heavy atom. The first-order valence-corrected chi connectivity index (χ1v) is 8.20. The van der Waals surface area contributed by atoms with E-state index in [4.69, 9.17) is 28.3 Å². The van der Waals surface area contributed by atoms with Gasteiger partial charge in [-0.2, -0.15) is 10.2 Å². The van der Waals surface area contributed by atoms with Crippen molar-refractivity contribution in [2.75, 3.05) is 5.32 Å². The third kappa shape index (κ3) is 4.22. The van der Waals surface area contributed by atoms with Crippen molar-refractivity contribution in [3.05, 3.63) is 64.0 Å². The normalized spacial score (nSPS) is 10.7. The summed E-state index contributed by atoms with van der Waals surface area (Å²) < 4.78 is 2.73. The van der Waals surface area contributed by atoms with Crippen LogP contribution >= 0.6 is 23.2 Å². The molecule has 8 nitrogen and oxygen atoms in total. The van der Waals surface area contributed by atoms with E-state index in [0.717, 1.165) is 10.2 Å². The van der Waals surface area contributed by atoms with Gasteiger partial charge in [0, 0.05) is 18.5 Å². The molecule has 0 fully saturated rings. The highest BCUT2D eigenvalue weighted by molar-refractivity contribution is 6.42. The lowest BCUT2D eigenvalue weighted by molar-refractivity contribution is -0.137. The average Bonchev–Trinajstić information content (AvgIpc) is 3.20. The highest BCUT2D eigenvalue weighted by Gasteiger charge is 2.15. The Morgan fingerprint density at radius 2 is 1.96 bits per heavy atom. The molecular weight excluding hydrogens is 381 g/mol. The first-order valence-electron chi connectivity index (χ1n) is 7.45. The highest BCUT2D eigenvalue weighted by atomic mass is 35.5. The van der Waals surface area contributed by atoms with Crippen LogP contribution in [0.2, 0.25) is 10.0 Å². The summed E-state index contributed by atoms with van der Waals surface area (Å²) in [4.78, 5) is 23.1. The van der Waals surface area contributed by atoms with Crippen LogP contribution in [0.3, 0.4) is 0 Å². The Hall–Kier alpha value is -2.84. The number of anilines is 1. The number of carbonyl (C=O) groups is 2. The van der Waals surface area contributed by atoms with Crippen molar-refractivity contribution in [3.63, 3.8) is 0 Å². The fourth-order valence-corrected chi connectivity index (χ4v) is 2.62. The van der Waals surface area contributed by atoms with E-state index in [1.807, 2.05) is 6.07 Å². The van der Waals surface area contributed by atoms with Crippen LogP contribution in [0.5, 0.6) is 0 Å². The van der Waals surface area contributed by atoms with Gasteiger partial charge in [0.25, 0.3) is 5.91 Å². The van der Waals surface area contributed by atoms with Crippen molar-refractivity contribution in [1.29, 1.82) is 0 Å². The summed E-state index contributed by atoms with van der Waals surface area (Å²) in [7, 11) is 0. The van der Waals surface area contributed by atoms with Gasteiger partial charge in [0.05, 0.1) is 16.6 Å². The topological polar surface area (TPSA) is 102 Å². The minimum Gasteiger partial charge on any atom is -0.480 e. The number of nitrogens with one attached hydrogen (secondary N) is 1. The molecule has 2 N–H and O–H groups in total.